The molecule has 1 aliphatic carbocycles. The van der Waals surface area contributed by atoms with Crippen molar-refractivity contribution in [2.45, 2.75) is 54.7 Å². The van der Waals surface area contributed by atoms with E-state index >= 15 is 0 Å². The Labute approximate surface area is 185 Å². The highest BCUT2D eigenvalue weighted by molar-refractivity contribution is 7.99. The molecule has 3 heterocycles. The molecule has 3 aromatic rings. The third-order valence-electron chi connectivity index (χ3n) is 5.74. The molecule has 31 heavy (non-hydrogen) atoms. The fourth-order valence-corrected chi connectivity index (χ4v) is 4.99. The van der Waals surface area contributed by atoms with Gasteiger partial charge in [0.25, 0.3) is 5.91 Å². The van der Waals surface area contributed by atoms with Gasteiger partial charge < -0.3 is 10.1 Å². The second-order valence-corrected chi connectivity index (χ2v) is 8.87. The standard InChI is InChI=1S/C23H25N5O2S/c29-22(24-16-12-14-30-15-13-16)19-10-11-21(27-26-19)31-23-25-18-8-4-5-9-20(18)28(23)17-6-2-1-3-7-17/h1-3,6-7,10-11,16H,4-5,8-9,12-15H2,(H,24,29). The normalized spacial score (nSPS) is 16.6. The fraction of sp³-hybridized carbons (Fsp3) is 0.391. The Bertz CT molecular complexity index is 1050. The van der Waals surface area contributed by atoms with Crippen LogP contribution < -0.4 is 5.32 Å². The summed E-state index contributed by atoms with van der Waals surface area (Å²) in [6.07, 6.45) is 6.08. The molecule has 2 aromatic heterocycles. The molecule has 7 nitrogen and oxygen atoms in total. The highest BCUT2D eigenvalue weighted by atomic mass is 32.2. The van der Waals surface area contributed by atoms with Crippen molar-refractivity contribution >= 4 is 17.7 Å². The van der Waals surface area contributed by atoms with Gasteiger partial charge in [-0.3, -0.25) is 9.36 Å². The largest absolute Gasteiger partial charge is 0.381 e. The van der Waals surface area contributed by atoms with Gasteiger partial charge in [0, 0.05) is 30.6 Å². The number of carbonyl (C=O) groups excluding carboxylic acids is 1. The van der Waals surface area contributed by atoms with Crippen molar-refractivity contribution in [3.8, 4) is 5.69 Å². The SMILES string of the molecule is O=C(NC1CCOCC1)c1ccc(Sc2nc3c(n2-c2ccccc2)CCCC3)nn1. The molecule has 5 rings (SSSR count). The summed E-state index contributed by atoms with van der Waals surface area (Å²) < 4.78 is 7.58. The number of aryl methyl sites for hydroxylation is 1. The predicted molar refractivity (Wildman–Crippen MR) is 118 cm³/mol. The number of ether oxygens (including phenoxy) is 1. The van der Waals surface area contributed by atoms with Crippen molar-refractivity contribution in [2.24, 2.45) is 0 Å². The number of aromatic nitrogens is 4. The van der Waals surface area contributed by atoms with Gasteiger partial charge in [-0.05, 0) is 74.6 Å². The van der Waals surface area contributed by atoms with E-state index in [4.69, 9.17) is 9.72 Å². The first kappa shape index (κ1) is 20.2. The van der Waals surface area contributed by atoms with Crippen LogP contribution in [0.4, 0.5) is 0 Å². The first-order valence-corrected chi connectivity index (χ1v) is 11.7. The van der Waals surface area contributed by atoms with E-state index in [1.54, 1.807) is 6.07 Å². The maximum Gasteiger partial charge on any atom is 0.272 e. The molecule has 0 bridgehead atoms. The molecule has 0 spiro atoms. The van der Waals surface area contributed by atoms with Crippen molar-refractivity contribution in [2.75, 3.05) is 13.2 Å². The Balaban J connectivity index is 1.35. The molecule has 1 saturated heterocycles. The van der Waals surface area contributed by atoms with Crippen LogP contribution in [0, 0.1) is 0 Å². The number of nitrogens with one attached hydrogen (secondary N) is 1. The van der Waals surface area contributed by atoms with Crippen molar-refractivity contribution in [1.29, 1.82) is 0 Å². The van der Waals surface area contributed by atoms with Gasteiger partial charge in [0.15, 0.2) is 10.9 Å². The Morgan fingerprint density at radius 1 is 1.03 bits per heavy atom. The van der Waals surface area contributed by atoms with E-state index in [9.17, 15) is 4.79 Å². The number of carbonyl (C=O) groups is 1. The average Bonchev–Trinajstić information content (AvgIpc) is 3.18. The third-order valence-corrected chi connectivity index (χ3v) is 6.62. The van der Waals surface area contributed by atoms with Crippen molar-refractivity contribution < 1.29 is 9.53 Å². The topological polar surface area (TPSA) is 81.9 Å². The summed E-state index contributed by atoms with van der Waals surface area (Å²) in [4.78, 5) is 17.4. The van der Waals surface area contributed by atoms with E-state index in [-0.39, 0.29) is 11.9 Å². The third kappa shape index (κ3) is 4.50. The number of hydrogen-bond acceptors (Lipinski definition) is 6. The van der Waals surface area contributed by atoms with Crippen molar-refractivity contribution in [3.63, 3.8) is 0 Å². The van der Waals surface area contributed by atoms with Crippen LogP contribution in [0.1, 0.15) is 47.6 Å². The van der Waals surface area contributed by atoms with E-state index in [0.29, 0.717) is 18.9 Å². The number of amides is 1. The molecule has 2 aliphatic rings. The molecule has 0 atom stereocenters. The zero-order valence-corrected chi connectivity index (χ0v) is 18.1. The van der Waals surface area contributed by atoms with Crippen LogP contribution in [-0.2, 0) is 17.6 Å². The molecule has 1 aromatic carbocycles. The fourth-order valence-electron chi connectivity index (χ4n) is 4.12. The number of rotatable bonds is 5. The summed E-state index contributed by atoms with van der Waals surface area (Å²) in [6, 6.07) is 14.1. The molecular formula is C23H25N5O2S. The van der Waals surface area contributed by atoms with Gasteiger partial charge in [-0.2, -0.15) is 0 Å². The van der Waals surface area contributed by atoms with E-state index in [1.165, 1.54) is 36.0 Å². The van der Waals surface area contributed by atoms with E-state index in [0.717, 1.165) is 41.6 Å². The molecule has 1 fully saturated rings. The van der Waals surface area contributed by atoms with Gasteiger partial charge >= 0.3 is 0 Å². The minimum absolute atomic E-state index is 0.141. The molecule has 8 heteroatoms. The highest BCUT2D eigenvalue weighted by Crippen LogP contribution is 2.33. The number of para-hydroxylation sites is 1. The smallest absolute Gasteiger partial charge is 0.272 e. The zero-order chi connectivity index (χ0) is 21.0. The second-order valence-electron chi connectivity index (χ2n) is 7.88. The minimum atomic E-state index is -0.183. The molecule has 0 unspecified atom stereocenters. The predicted octanol–water partition coefficient (Wildman–Crippen LogP) is 3.60. The monoisotopic (exact) mass is 435 g/mol. The van der Waals surface area contributed by atoms with Gasteiger partial charge in [0.1, 0.15) is 5.03 Å². The Morgan fingerprint density at radius 2 is 1.84 bits per heavy atom. The van der Waals surface area contributed by atoms with Crippen LogP contribution in [0.3, 0.4) is 0 Å². The summed E-state index contributed by atoms with van der Waals surface area (Å²) in [5, 5.41) is 13.1. The number of nitrogens with zero attached hydrogens (tertiary/aromatic N) is 4. The van der Waals surface area contributed by atoms with Crippen LogP contribution in [0.15, 0.2) is 52.6 Å². The second kappa shape index (κ2) is 9.20. The lowest BCUT2D eigenvalue weighted by Gasteiger charge is -2.22. The van der Waals surface area contributed by atoms with E-state index < -0.39 is 0 Å². The number of imidazole rings is 1. The summed E-state index contributed by atoms with van der Waals surface area (Å²) in [5.41, 5.74) is 3.92. The lowest BCUT2D eigenvalue weighted by atomic mass is 10.0. The molecule has 0 saturated carbocycles. The zero-order valence-electron chi connectivity index (χ0n) is 17.3. The summed E-state index contributed by atoms with van der Waals surface area (Å²) in [5.74, 6) is -0.183. The first-order valence-electron chi connectivity index (χ1n) is 10.8. The van der Waals surface area contributed by atoms with Gasteiger partial charge in [0.05, 0.1) is 5.69 Å². The highest BCUT2D eigenvalue weighted by Gasteiger charge is 2.22. The van der Waals surface area contributed by atoms with Crippen molar-refractivity contribution in [1.82, 2.24) is 25.1 Å². The lowest BCUT2D eigenvalue weighted by Crippen LogP contribution is -2.39. The van der Waals surface area contributed by atoms with Crippen LogP contribution in [0.5, 0.6) is 0 Å². The average molecular weight is 436 g/mol. The number of fused-ring (bicyclic) bond motifs is 1. The van der Waals surface area contributed by atoms with Gasteiger partial charge in [-0.1, -0.05) is 18.2 Å². The quantitative estimate of drug-likeness (QED) is 0.659. The van der Waals surface area contributed by atoms with Crippen molar-refractivity contribution in [3.05, 3.63) is 59.5 Å². The summed E-state index contributed by atoms with van der Waals surface area (Å²) in [7, 11) is 0. The molecular weight excluding hydrogens is 410 g/mol. The lowest BCUT2D eigenvalue weighted by molar-refractivity contribution is 0.0693. The van der Waals surface area contributed by atoms with Gasteiger partial charge in [0.2, 0.25) is 0 Å². The summed E-state index contributed by atoms with van der Waals surface area (Å²) >= 11 is 1.49. The van der Waals surface area contributed by atoms with Gasteiger partial charge in [-0.25, -0.2) is 4.98 Å². The van der Waals surface area contributed by atoms with Crippen LogP contribution in [0.25, 0.3) is 5.69 Å². The van der Waals surface area contributed by atoms with Crippen LogP contribution in [0.2, 0.25) is 0 Å². The van der Waals surface area contributed by atoms with E-state index in [2.05, 4.69) is 32.2 Å². The maximum atomic E-state index is 12.5. The Hall–Kier alpha value is -2.71. The minimum Gasteiger partial charge on any atom is -0.381 e. The maximum absolute atomic E-state index is 12.5. The Kier molecular flexibility index (Phi) is 5.99. The van der Waals surface area contributed by atoms with Gasteiger partial charge in [-0.15, -0.1) is 10.2 Å². The Morgan fingerprint density at radius 3 is 2.61 bits per heavy atom. The molecule has 0 radical (unpaired) electrons. The summed E-state index contributed by atoms with van der Waals surface area (Å²) in [6.45, 7) is 1.37. The number of benzene rings is 1. The molecule has 1 N–H and O–H groups in total. The van der Waals surface area contributed by atoms with E-state index in [1.807, 2.05) is 24.3 Å². The molecule has 160 valence electrons. The molecule has 1 amide bonds. The first-order chi connectivity index (χ1) is 15.3. The molecule has 1 aliphatic heterocycles. The van der Waals surface area contributed by atoms with Crippen LogP contribution in [-0.4, -0.2) is 44.9 Å². The number of hydrogen-bond donors (Lipinski definition) is 1. The van der Waals surface area contributed by atoms with Crippen LogP contribution >= 0.6 is 11.8 Å².